The van der Waals surface area contributed by atoms with Gasteiger partial charge < -0.3 is 0 Å². The van der Waals surface area contributed by atoms with Crippen molar-refractivity contribution in [2.45, 2.75) is 26.3 Å². The van der Waals surface area contributed by atoms with E-state index in [0.717, 1.165) is 4.48 Å². The smallest absolute Gasteiger partial charge is 0.175 e. The predicted octanol–water partition coefficient (Wildman–Crippen LogP) is 1.93. The summed E-state index contributed by atoms with van der Waals surface area (Å²) in [6.45, 7) is 6.62. The van der Waals surface area contributed by atoms with E-state index in [4.69, 9.17) is 0 Å². The van der Waals surface area contributed by atoms with Gasteiger partial charge in [0, 0.05) is 20.8 Å². The first-order chi connectivity index (χ1) is 6.21. The Labute approximate surface area is 87.4 Å². The number of quaternary nitrogens is 1. The highest BCUT2D eigenvalue weighted by Crippen LogP contribution is 2.14. The van der Waals surface area contributed by atoms with Crippen molar-refractivity contribution in [2.75, 3.05) is 21.1 Å². The highest BCUT2D eigenvalue weighted by molar-refractivity contribution is 5.37. The summed E-state index contributed by atoms with van der Waals surface area (Å²) >= 11 is 0. The van der Waals surface area contributed by atoms with E-state index in [2.05, 4.69) is 71.0 Å². The van der Waals surface area contributed by atoms with Gasteiger partial charge in [-0.15, -0.1) is 0 Å². The third kappa shape index (κ3) is 2.55. The number of rotatable bonds is 1. The molecule has 1 aromatic rings. The highest BCUT2D eigenvalue weighted by Gasteiger charge is 2.22. The largest absolute Gasteiger partial charge is 0.298 e. The molecule has 0 aliphatic rings. The lowest BCUT2D eigenvalue weighted by Crippen LogP contribution is -2.49. The van der Waals surface area contributed by atoms with Gasteiger partial charge in [0.05, 0.1) is 33.3 Å². The average molecular weight is 194 g/mol. The summed E-state index contributed by atoms with van der Waals surface area (Å²) in [5.41, 5.74) is 1.49. The van der Waals surface area contributed by atoms with Gasteiger partial charge in [0.1, 0.15) is 5.69 Å². The molecule has 0 aliphatic carbocycles. The summed E-state index contributed by atoms with van der Waals surface area (Å²) in [5, 5.41) is 0. The maximum absolute atomic E-state index is 2.23. The van der Waals surface area contributed by atoms with Gasteiger partial charge in [0.25, 0.3) is 0 Å². The van der Waals surface area contributed by atoms with Crippen molar-refractivity contribution in [2.24, 2.45) is 0 Å². The molecule has 0 N–H and O–H groups in total. The Morgan fingerprint density at radius 1 is 1.00 bits per heavy atom. The van der Waals surface area contributed by atoms with Crippen LogP contribution in [0.3, 0.4) is 0 Å². The number of pyridine rings is 1. The van der Waals surface area contributed by atoms with Crippen LogP contribution in [-0.2, 0) is 5.54 Å². The Hall–Kier alpha value is -0.890. The second-order valence-electron chi connectivity index (χ2n) is 5.65. The van der Waals surface area contributed by atoms with Gasteiger partial charge in [-0.3, -0.25) is 4.48 Å². The van der Waals surface area contributed by atoms with Gasteiger partial charge in [0.15, 0.2) is 17.9 Å². The standard InChI is InChI=1S/C12H22N2/c1-12(2,3)13-9-7-11(8-10-13)14(4,5)6/h7-10H,1-6H3/q+2. The first-order valence-electron chi connectivity index (χ1n) is 5.05. The zero-order valence-corrected chi connectivity index (χ0v) is 10.2. The van der Waals surface area contributed by atoms with E-state index in [1.54, 1.807) is 0 Å². The van der Waals surface area contributed by atoms with E-state index in [9.17, 15) is 0 Å². The fourth-order valence-corrected chi connectivity index (χ4v) is 1.31. The van der Waals surface area contributed by atoms with Gasteiger partial charge in [-0.1, -0.05) is 0 Å². The van der Waals surface area contributed by atoms with E-state index >= 15 is 0 Å². The minimum Gasteiger partial charge on any atom is -0.298 e. The molecule has 0 saturated heterocycles. The molecule has 1 heterocycles. The molecular formula is C12H22N2+2. The summed E-state index contributed by atoms with van der Waals surface area (Å²) < 4.78 is 3.09. The summed E-state index contributed by atoms with van der Waals surface area (Å²) in [4.78, 5) is 0. The topological polar surface area (TPSA) is 3.88 Å². The monoisotopic (exact) mass is 194 g/mol. The minimum atomic E-state index is 0.170. The lowest BCUT2D eigenvalue weighted by atomic mass is 10.1. The van der Waals surface area contributed by atoms with Crippen molar-refractivity contribution >= 4 is 5.69 Å². The molecule has 0 atom stereocenters. The maximum Gasteiger partial charge on any atom is 0.175 e. The number of nitrogens with zero attached hydrogens (tertiary/aromatic N) is 2. The molecule has 0 amide bonds. The van der Waals surface area contributed by atoms with Crippen LogP contribution in [0.5, 0.6) is 0 Å². The molecule has 0 unspecified atom stereocenters. The Bertz CT molecular complexity index is 266. The molecule has 78 valence electrons. The molecule has 0 fully saturated rings. The molecular weight excluding hydrogens is 172 g/mol. The van der Waals surface area contributed by atoms with Gasteiger partial charge in [0.2, 0.25) is 0 Å². The third-order valence-corrected chi connectivity index (χ3v) is 2.36. The molecule has 2 heteroatoms. The molecule has 0 radical (unpaired) electrons. The molecule has 0 aliphatic heterocycles. The SMILES string of the molecule is CC(C)(C)[n+]1ccc([N+](C)(C)C)cc1. The Morgan fingerprint density at radius 2 is 1.43 bits per heavy atom. The van der Waals surface area contributed by atoms with E-state index in [1.807, 2.05) is 0 Å². The Balaban J connectivity index is 3.02. The average Bonchev–Trinajstić information content (AvgIpc) is 2.01. The van der Waals surface area contributed by atoms with Gasteiger partial charge in [-0.25, -0.2) is 4.57 Å². The maximum atomic E-state index is 2.23. The van der Waals surface area contributed by atoms with Crippen LogP contribution in [0.4, 0.5) is 5.69 Å². The summed E-state index contributed by atoms with van der Waals surface area (Å²) in [7, 11) is 6.53. The highest BCUT2D eigenvalue weighted by atomic mass is 15.3. The fourth-order valence-electron chi connectivity index (χ4n) is 1.31. The summed E-state index contributed by atoms with van der Waals surface area (Å²) in [6, 6.07) is 4.37. The summed E-state index contributed by atoms with van der Waals surface area (Å²) in [6.07, 6.45) is 4.30. The van der Waals surface area contributed by atoms with Crippen molar-refractivity contribution in [1.82, 2.24) is 4.48 Å². The van der Waals surface area contributed by atoms with Crippen LogP contribution in [0.25, 0.3) is 0 Å². The van der Waals surface area contributed by atoms with Crippen molar-refractivity contribution in [3.05, 3.63) is 24.5 Å². The number of aromatic nitrogens is 1. The van der Waals surface area contributed by atoms with Gasteiger partial charge in [-0.05, 0) is 0 Å². The Morgan fingerprint density at radius 3 is 1.71 bits per heavy atom. The van der Waals surface area contributed by atoms with Crippen LogP contribution in [0, 0.1) is 0 Å². The van der Waals surface area contributed by atoms with E-state index in [1.165, 1.54) is 5.69 Å². The van der Waals surface area contributed by atoms with Crippen LogP contribution < -0.4 is 9.05 Å². The lowest BCUT2D eigenvalue weighted by Gasteiger charge is -2.23. The predicted molar refractivity (Wildman–Crippen MR) is 61.2 cm³/mol. The second kappa shape index (κ2) is 3.35. The number of hydrogen-bond donors (Lipinski definition) is 0. The molecule has 1 rings (SSSR count). The summed E-state index contributed by atoms with van der Waals surface area (Å²) in [5.74, 6) is 0. The molecule has 0 spiro atoms. The third-order valence-electron chi connectivity index (χ3n) is 2.36. The zero-order valence-electron chi connectivity index (χ0n) is 10.2. The normalized spacial score (nSPS) is 13.0. The molecule has 0 aromatic carbocycles. The van der Waals surface area contributed by atoms with Crippen molar-refractivity contribution < 1.29 is 4.57 Å². The van der Waals surface area contributed by atoms with Crippen molar-refractivity contribution in [3.63, 3.8) is 0 Å². The zero-order chi connectivity index (χ0) is 11.0. The van der Waals surface area contributed by atoms with Crippen LogP contribution >= 0.6 is 0 Å². The van der Waals surface area contributed by atoms with E-state index < -0.39 is 0 Å². The minimum absolute atomic E-state index is 0.170. The first kappa shape index (κ1) is 11.2. The molecule has 0 saturated carbocycles. The molecule has 14 heavy (non-hydrogen) atoms. The van der Waals surface area contributed by atoms with Crippen LogP contribution in [0.15, 0.2) is 24.5 Å². The van der Waals surface area contributed by atoms with Gasteiger partial charge in [-0.2, -0.15) is 0 Å². The van der Waals surface area contributed by atoms with Gasteiger partial charge >= 0.3 is 0 Å². The lowest BCUT2D eigenvalue weighted by molar-refractivity contribution is -0.754. The van der Waals surface area contributed by atoms with E-state index in [-0.39, 0.29) is 5.54 Å². The van der Waals surface area contributed by atoms with Crippen LogP contribution in [0.2, 0.25) is 0 Å². The molecule has 0 bridgehead atoms. The molecule has 2 nitrogen and oxygen atoms in total. The van der Waals surface area contributed by atoms with Crippen molar-refractivity contribution in [1.29, 1.82) is 0 Å². The fraction of sp³-hybridized carbons (Fsp3) is 0.583. The van der Waals surface area contributed by atoms with Crippen LogP contribution in [-0.4, -0.2) is 21.1 Å². The first-order valence-corrected chi connectivity index (χ1v) is 5.05. The van der Waals surface area contributed by atoms with E-state index in [0.29, 0.717) is 0 Å². The molecule has 1 aromatic heterocycles. The number of hydrogen-bond acceptors (Lipinski definition) is 0. The Kier molecular flexibility index (Phi) is 2.68. The van der Waals surface area contributed by atoms with Crippen LogP contribution in [0.1, 0.15) is 20.8 Å². The quantitative estimate of drug-likeness (QED) is 0.475. The second-order valence-corrected chi connectivity index (χ2v) is 5.65. The van der Waals surface area contributed by atoms with Crippen molar-refractivity contribution in [3.8, 4) is 0 Å².